The summed E-state index contributed by atoms with van der Waals surface area (Å²) in [7, 11) is 1.65. The molecule has 160 valence electrons. The predicted octanol–water partition coefficient (Wildman–Crippen LogP) is 3.81. The number of rotatable bonds is 9. The van der Waals surface area contributed by atoms with Crippen molar-refractivity contribution in [3.05, 3.63) is 46.7 Å². The molecule has 0 unspecified atom stereocenters. The number of hydrogen-bond acceptors (Lipinski definition) is 6. The van der Waals surface area contributed by atoms with E-state index < -0.39 is 0 Å². The Morgan fingerprint density at radius 2 is 1.70 bits per heavy atom. The molecule has 1 aromatic carbocycles. The van der Waals surface area contributed by atoms with Crippen molar-refractivity contribution in [1.82, 2.24) is 4.90 Å². The molecular formula is C23H28N2O4S. The first-order valence-electron chi connectivity index (χ1n) is 10.3. The molecule has 0 radical (unpaired) electrons. The summed E-state index contributed by atoms with van der Waals surface area (Å²) in [4.78, 5) is 41.5. The monoisotopic (exact) mass is 428 g/mol. The molecule has 2 aromatic rings. The van der Waals surface area contributed by atoms with Gasteiger partial charge in [-0.2, -0.15) is 0 Å². The fraction of sp³-hybridized carbons (Fsp3) is 0.435. The lowest BCUT2D eigenvalue weighted by atomic mass is 10.1. The molecule has 1 aliphatic heterocycles. The van der Waals surface area contributed by atoms with E-state index in [9.17, 15) is 14.4 Å². The van der Waals surface area contributed by atoms with E-state index in [1.54, 1.807) is 13.2 Å². The molecule has 0 atom stereocenters. The van der Waals surface area contributed by atoms with Crippen LogP contribution in [0, 0.1) is 0 Å². The number of thiophene rings is 1. The van der Waals surface area contributed by atoms with Gasteiger partial charge in [0.25, 0.3) is 0 Å². The number of ether oxygens (including phenoxy) is 1. The third-order valence-corrected chi connectivity index (χ3v) is 6.24. The second kappa shape index (κ2) is 10.9. The van der Waals surface area contributed by atoms with Crippen molar-refractivity contribution in [3.63, 3.8) is 0 Å². The van der Waals surface area contributed by atoms with E-state index >= 15 is 0 Å². The smallest absolute Gasteiger partial charge is 0.223 e. The van der Waals surface area contributed by atoms with E-state index in [1.807, 2.05) is 40.6 Å². The predicted molar refractivity (Wildman–Crippen MR) is 119 cm³/mol. The van der Waals surface area contributed by atoms with E-state index in [4.69, 9.17) is 4.74 Å². The molecule has 1 aliphatic rings. The normalized spacial score (nSPS) is 14.3. The van der Waals surface area contributed by atoms with Crippen molar-refractivity contribution in [1.29, 1.82) is 0 Å². The van der Waals surface area contributed by atoms with Crippen LogP contribution in [-0.4, -0.2) is 55.7 Å². The molecular weight excluding hydrogens is 400 g/mol. The van der Waals surface area contributed by atoms with Gasteiger partial charge in [-0.25, -0.2) is 0 Å². The number of carbonyl (C=O) groups excluding carboxylic acids is 3. The Kier molecular flexibility index (Phi) is 8.02. The lowest BCUT2D eigenvalue weighted by Crippen LogP contribution is -2.35. The minimum atomic E-state index is -0.0251. The number of amides is 1. The second-order valence-corrected chi connectivity index (χ2v) is 8.31. The van der Waals surface area contributed by atoms with Gasteiger partial charge in [0.15, 0.2) is 5.78 Å². The van der Waals surface area contributed by atoms with Crippen LogP contribution in [0.3, 0.4) is 0 Å². The van der Waals surface area contributed by atoms with Crippen LogP contribution in [0.15, 0.2) is 41.8 Å². The van der Waals surface area contributed by atoms with Gasteiger partial charge in [-0.3, -0.25) is 14.4 Å². The summed E-state index contributed by atoms with van der Waals surface area (Å²) in [6.07, 6.45) is 1.73. The topological polar surface area (TPSA) is 66.9 Å². The molecule has 1 aromatic heterocycles. The molecule has 1 fully saturated rings. The van der Waals surface area contributed by atoms with Crippen molar-refractivity contribution < 1.29 is 19.1 Å². The zero-order valence-electron chi connectivity index (χ0n) is 17.3. The van der Waals surface area contributed by atoms with Gasteiger partial charge in [0.05, 0.1) is 12.0 Å². The zero-order chi connectivity index (χ0) is 21.3. The summed E-state index contributed by atoms with van der Waals surface area (Å²) < 4.78 is 5.21. The number of carbonyl (C=O) groups is 3. The minimum absolute atomic E-state index is 0.00387. The van der Waals surface area contributed by atoms with E-state index in [0.29, 0.717) is 18.0 Å². The van der Waals surface area contributed by atoms with Crippen molar-refractivity contribution in [2.24, 2.45) is 0 Å². The van der Waals surface area contributed by atoms with Crippen molar-refractivity contribution in [2.45, 2.75) is 32.1 Å². The lowest BCUT2D eigenvalue weighted by Gasteiger charge is -2.24. The molecule has 1 saturated heterocycles. The van der Waals surface area contributed by atoms with Crippen molar-refractivity contribution >= 4 is 34.5 Å². The Morgan fingerprint density at radius 3 is 2.40 bits per heavy atom. The Bertz CT molecular complexity index is 849. The fourth-order valence-electron chi connectivity index (χ4n) is 3.56. The van der Waals surface area contributed by atoms with Gasteiger partial charge in [-0.1, -0.05) is 6.07 Å². The van der Waals surface area contributed by atoms with Gasteiger partial charge in [0.2, 0.25) is 5.91 Å². The average Bonchev–Trinajstić information content (AvgIpc) is 3.20. The fourth-order valence-corrected chi connectivity index (χ4v) is 4.26. The Morgan fingerprint density at radius 1 is 0.933 bits per heavy atom. The van der Waals surface area contributed by atoms with Gasteiger partial charge in [0.1, 0.15) is 11.5 Å². The number of nitrogens with zero attached hydrogens (tertiary/aromatic N) is 2. The molecule has 7 heteroatoms. The maximum atomic E-state index is 12.6. The Hall–Kier alpha value is -2.67. The van der Waals surface area contributed by atoms with Crippen LogP contribution >= 0.6 is 11.3 Å². The van der Waals surface area contributed by atoms with E-state index in [0.717, 1.165) is 30.9 Å². The van der Waals surface area contributed by atoms with Crippen LogP contribution in [-0.2, 0) is 9.59 Å². The first-order valence-corrected chi connectivity index (χ1v) is 11.2. The van der Waals surface area contributed by atoms with Crippen molar-refractivity contribution in [3.8, 4) is 5.75 Å². The number of hydrogen-bond donors (Lipinski definition) is 0. The molecule has 3 rings (SSSR count). The largest absolute Gasteiger partial charge is 0.497 e. The van der Waals surface area contributed by atoms with Gasteiger partial charge in [-0.05, 0) is 42.1 Å². The lowest BCUT2D eigenvalue weighted by molar-refractivity contribution is -0.133. The minimum Gasteiger partial charge on any atom is -0.497 e. The van der Waals surface area contributed by atoms with Crippen LogP contribution < -0.4 is 9.64 Å². The molecule has 0 aliphatic carbocycles. The van der Waals surface area contributed by atoms with Gasteiger partial charge in [0, 0.05) is 57.5 Å². The van der Waals surface area contributed by atoms with Crippen LogP contribution in [0.2, 0.25) is 0 Å². The molecule has 0 N–H and O–H groups in total. The summed E-state index contributed by atoms with van der Waals surface area (Å²) in [5.41, 5.74) is 1.12. The van der Waals surface area contributed by atoms with Gasteiger partial charge in [-0.15, -0.1) is 11.3 Å². The summed E-state index contributed by atoms with van der Waals surface area (Å²) in [6, 6.07) is 11.6. The second-order valence-electron chi connectivity index (χ2n) is 7.36. The molecule has 1 amide bonds. The molecule has 0 saturated carbocycles. The zero-order valence-corrected chi connectivity index (χ0v) is 18.2. The summed E-state index contributed by atoms with van der Waals surface area (Å²) in [5.74, 6) is 0.815. The number of methoxy groups -OCH3 is 1. The maximum Gasteiger partial charge on any atom is 0.223 e. The van der Waals surface area contributed by atoms with E-state index in [-0.39, 0.29) is 43.2 Å². The van der Waals surface area contributed by atoms with Crippen LogP contribution in [0.25, 0.3) is 0 Å². The number of Topliss-reactive ketones (excluding diaryl/α,β-unsaturated/α-hetero) is 2. The van der Waals surface area contributed by atoms with Crippen molar-refractivity contribution in [2.75, 3.05) is 38.2 Å². The highest BCUT2D eigenvalue weighted by molar-refractivity contribution is 7.12. The number of benzene rings is 1. The molecule has 0 bridgehead atoms. The third kappa shape index (κ3) is 6.16. The van der Waals surface area contributed by atoms with Crippen LogP contribution in [0.1, 0.15) is 41.8 Å². The molecule has 0 spiro atoms. The Labute approximate surface area is 181 Å². The van der Waals surface area contributed by atoms with Crippen LogP contribution in [0.4, 0.5) is 5.69 Å². The van der Waals surface area contributed by atoms with Gasteiger partial charge < -0.3 is 14.5 Å². The Balaban J connectivity index is 1.40. The molecule has 6 nitrogen and oxygen atoms in total. The highest BCUT2D eigenvalue weighted by Crippen LogP contribution is 2.21. The third-order valence-electron chi connectivity index (χ3n) is 5.33. The highest BCUT2D eigenvalue weighted by Gasteiger charge is 2.20. The van der Waals surface area contributed by atoms with Gasteiger partial charge >= 0.3 is 0 Å². The first kappa shape index (κ1) is 22.0. The first-order chi connectivity index (χ1) is 14.6. The van der Waals surface area contributed by atoms with E-state index in [2.05, 4.69) is 4.90 Å². The molecule has 30 heavy (non-hydrogen) atoms. The van der Waals surface area contributed by atoms with E-state index in [1.165, 1.54) is 11.3 Å². The highest BCUT2D eigenvalue weighted by atomic mass is 32.1. The summed E-state index contributed by atoms with van der Waals surface area (Å²) >= 11 is 1.39. The van der Waals surface area contributed by atoms with Crippen LogP contribution in [0.5, 0.6) is 5.75 Å². The quantitative estimate of drug-likeness (QED) is 0.568. The summed E-state index contributed by atoms with van der Waals surface area (Å²) in [6.45, 7) is 3.01. The number of ketones is 2. The average molecular weight is 429 g/mol. The maximum absolute atomic E-state index is 12.6. The molecule has 2 heterocycles. The standard InChI is InChI=1S/C23H28N2O4S/c1-29-20-9-5-18(6-10-20)24-13-3-14-25(16-15-24)23(28)12-8-19(26)7-11-21(27)22-4-2-17-30-22/h2,4-6,9-10,17H,3,7-8,11-16H2,1H3. The number of anilines is 1. The summed E-state index contributed by atoms with van der Waals surface area (Å²) in [5, 5.41) is 1.85. The SMILES string of the molecule is COc1ccc(N2CCCN(C(=O)CCC(=O)CCC(=O)c3cccs3)CC2)cc1.